The predicted molar refractivity (Wildman–Crippen MR) is 94.1 cm³/mol. The highest BCUT2D eigenvalue weighted by Gasteiger charge is 2.43. The van der Waals surface area contributed by atoms with Gasteiger partial charge in [0.05, 0.1) is 12.5 Å². The number of hydrogen-bond acceptors (Lipinski definition) is 3. The van der Waals surface area contributed by atoms with Gasteiger partial charge in [-0.1, -0.05) is 31.4 Å². The Hall–Kier alpha value is -1.55. The Labute approximate surface area is 144 Å². The highest BCUT2D eigenvalue weighted by atomic mass is 16.5. The minimum atomic E-state index is -0.423. The number of hydrogen-bond donors (Lipinski definition) is 2. The maximum Gasteiger partial charge on any atom is 0.230 e. The topological polar surface area (TPSA) is 58.6 Å². The quantitative estimate of drug-likeness (QED) is 0.807. The summed E-state index contributed by atoms with van der Waals surface area (Å²) in [6, 6.07) is 8.11. The molecule has 1 atom stereocenters. The molecule has 1 unspecified atom stereocenters. The first-order valence-corrected chi connectivity index (χ1v) is 9.26. The molecule has 24 heavy (non-hydrogen) atoms. The Kier molecular flexibility index (Phi) is 5.44. The van der Waals surface area contributed by atoms with Crippen molar-refractivity contribution in [1.82, 2.24) is 5.32 Å². The molecule has 4 heteroatoms. The SMILES string of the molecule is COc1ccc(C2(C(=O)NC(CCO)C3CC3)CCCCC2)cc1. The van der Waals surface area contributed by atoms with Crippen LogP contribution >= 0.6 is 0 Å². The highest BCUT2D eigenvalue weighted by Crippen LogP contribution is 2.41. The second kappa shape index (κ2) is 7.56. The van der Waals surface area contributed by atoms with Crippen LogP contribution in [0.15, 0.2) is 24.3 Å². The molecule has 0 radical (unpaired) electrons. The van der Waals surface area contributed by atoms with E-state index in [0.717, 1.165) is 37.0 Å². The number of nitrogens with one attached hydrogen (secondary N) is 1. The predicted octanol–water partition coefficient (Wildman–Crippen LogP) is 3.17. The Morgan fingerprint density at radius 3 is 2.46 bits per heavy atom. The van der Waals surface area contributed by atoms with Crippen molar-refractivity contribution in [2.45, 2.75) is 62.8 Å². The van der Waals surface area contributed by atoms with Crippen molar-refractivity contribution in [3.05, 3.63) is 29.8 Å². The van der Waals surface area contributed by atoms with Gasteiger partial charge in [0.15, 0.2) is 0 Å². The zero-order chi connectivity index (χ0) is 17.0. The van der Waals surface area contributed by atoms with Crippen molar-refractivity contribution in [3.8, 4) is 5.75 Å². The molecule has 1 aromatic rings. The van der Waals surface area contributed by atoms with E-state index in [1.54, 1.807) is 7.11 Å². The van der Waals surface area contributed by atoms with Gasteiger partial charge in [-0.2, -0.15) is 0 Å². The van der Waals surface area contributed by atoms with Crippen molar-refractivity contribution < 1.29 is 14.6 Å². The van der Waals surface area contributed by atoms with Gasteiger partial charge in [-0.15, -0.1) is 0 Å². The van der Waals surface area contributed by atoms with Crippen molar-refractivity contribution >= 4 is 5.91 Å². The number of rotatable bonds is 7. The van der Waals surface area contributed by atoms with Crippen LogP contribution < -0.4 is 10.1 Å². The van der Waals surface area contributed by atoms with Gasteiger partial charge < -0.3 is 15.2 Å². The maximum atomic E-state index is 13.3. The third kappa shape index (κ3) is 3.59. The lowest BCUT2D eigenvalue weighted by atomic mass is 9.68. The lowest BCUT2D eigenvalue weighted by molar-refractivity contribution is -0.129. The molecule has 0 spiro atoms. The first kappa shape index (κ1) is 17.3. The van der Waals surface area contributed by atoms with E-state index in [4.69, 9.17) is 4.74 Å². The summed E-state index contributed by atoms with van der Waals surface area (Å²) < 4.78 is 5.26. The van der Waals surface area contributed by atoms with Crippen molar-refractivity contribution in [1.29, 1.82) is 0 Å². The fourth-order valence-corrected chi connectivity index (χ4v) is 4.08. The van der Waals surface area contributed by atoms with Crippen LogP contribution in [0.2, 0.25) is 0 Å². The smallest absolute Gasteiger partial charge is 0.230 e. The van der Waals surface area contributed by atoms with Crippen LogP contribution in [0.5, 0.6) is 5.75 Å². The minimum absolute atomic E-state index is 0.125. The molecule has 0 aliphatic heterocycles. The van der Waals surface area contributed by atoms with Gasteiger partial charge in [-0.05, 0) is 55.7 Å². The first-order chi connectivity index (χ1) is 11.7. The highest BCUT2D eigenvalue weighted by molar-refractivity contribution is 5.88. The van der Waals surface area contributed by atoms with Crippen LogP contribution in [0.25, 0.3) is 0 Å². The van der Waals surface area contributed by atoms with Gasteiger partial charge in [0, 0.05) is 12.6 Å². The number of ether oxygens (including phenoxy) is 1. The Balaban J connectivity index is 1.82. The normalized spacial score (nSPS) is 21.1. The molecular weight excluding hydrogens is 302 g/mol. The summed E-state index contributed by atoms with van der Waals surface area (Å²) in [5.74, 6) is 1.52. The summed E-state index contributed by atoms with van der Waals surface area (Å²) >= 11 is 0. The average molecular weight is 331 g/mol. The second-order valence-electron chi connectivity index (χ2n) is 7.30. The van der Waals surface area contributed by atoms with Crippen molar-refractivity contribution in [2.24, 2.45) is 5.92 Å². The van der Waals surface area contributed by atoms with E-state index >= 15 is 0 Å². The summed E-state index contributed by atoms with van der Waals surface area (Å²) in [5.41, 5.74) is 0.673. The second-order valence-corrected chi connectivity index (χ2v) is 7.30. The van der Waals surface area contributed by atoms with E-state index in [0.29, 0.717) is 12.3 Å². The lowest BCUT2D eigenvalue weighted by Crippen LogP contribution is -2.50. The zero-order valence-corrected chi connectivity index (χ0v) is 14.6. The molecule has 1 aromatic carbocycles. The van der Waals surface area contributed by atoms with Gasteiger partial charge in [0.25, 0.3) is 0 Å². The molecule has 0 heterocycles. The third-order valence-corrected chi connectivity index (χ3v) is 5.73. The van der Waals surface area contributed by atoms with Gasteiger partial charge in [0.2, 0.25) is 5.91 Å². The van der Waals surface area contributed by atoms with Crippen LogP contribution in [0.3, 0.4) is 0 Å². The molecule has 132 valence electrons. The van der Waals surface area contributed by atoms with Crippen LogP contribution in [0, 0.1) is 5.92 Å². The molecule has 2 saturated carbocycles. The van der Waals surface area contributed by atoms with E-state index < -0.39 is 5.41 Å². The molecule has 3 rings (SSSR count). The summed E-state index contributed by atoms with van der Waals surface area (Å²) in [5, 5.41) is 12.6. The largest absolute Gasteiger partial charge is 0.497 e. The fraction of sp³-hybridized carbons (Fsp3) is 0.650. The number of benzene rings is 1. The van der Waals surface area contributed by atoms with Gasteiger partial charge in [-0.3, -0.25) is 4.79 Å². The molecule has 2 aliphatic carbocycles. The maximum absolute atomic E-state index is 13.3. The number of aliphatic hydroxyl groups is 1. The fourth-order valence-electron chi connectivity index (χ4n) is 4.08. The Morgan fingerprint density at radius 1 is 1.25 bits per heavy atom. The van der Waals surface area contributed by atoms with E-state index in [1.165, 1.54) is 19.3 Å². The number of aliphatic hydroxyl groups excluding tert-OH is 1. The van der Waals surface area contributed by atoms with Gasteiger partial charge in [0.1, 0.15) is 5.75 Å². The number of carbonyl (C=O) groups is 1. The molecule has 4 nitrogen and oxygen atoms in total. The lowest BCUT2D eigenvalue weighted by Gasteiger charge is -2.37. The Morgan fingerprint density at radius 2 is 1.92 bits per heavy atom. The van der Waals surface area contributed by atoms with E-state index in [2.05, 4.69) is 5.32 Å². The van der Waals surface area contributed by atoms with E-state index in [-0.39, 0.29) is 18.6 Å². The van der Waals surface area contributed by atoms with Crippen LogP contribution in [0.1, 0.15) is 56.9 Å². The summed E-state index contributed by atoms with van der Waals surface area (Å²) in [6.45, 7) is 0.136. The summed E-state index contributed by atoms with van der Waals surface area (Å²) in [4.78, 5) is 13.3. The van der Waals surface area contributed by atoms with Crippen molar-refractivity contribution in [3.63, 3.8) is 0 Å². The molecule has 2 N–H and O–H groups in total. The van der Waals surface area contributed by atoms with Crippen LogP contribution in [0.4, 0.5) is 0 Å². The number of methoxy groups -OCH3 is 1. The van der Waals surface area contributed by atoms with Gasteiger partial charge >= 0.3 is 0 Å². The summed E-state index contributed by atoms with van der Waals surface area (Å²) in [7, 11) is 1.66. The van der Waals surface area contributed by atoms with Crippen molar-refractivity contribution in [2.75, 3.05) is 13.7 Å². The minimum Gasteiger partial charge on any atom is -0.497 e. The molecule has 0 saturated heterocycles. The number of carbonyl (C=O) groups excluding carboxylic acids is 1. The van der Waals surface area contributed by atoms with Gasteiger partial charge in [-0.25, -0.2) is 0 Å². The monoisotopic (exact) mass is 331 g/mol. The van der Waals surface area contributed by atoms with Crippen LogP contribution in [-0.4, -0.2) is 30.8 Å². The Bertz CT molecular complexity index is 545. The average Bonchev–Trinajstić information content (AvgIpc) is 3.47. The molecule has 1 amide bonds. The van der Waals surface area contributed by atoms with E-state index in [9.17, 15) is 9.90 Å². The molecule has 0 bridgehead atoms. The molecule has 0 aromatic heterocycles. The molecule has 2 aliphatic rings. The standard InChI is InChI=1S/C20H29NO3/c1-24-17-9-7-16(8-10-17)20(12-3-2-4-13-20)19(23)21-18(11-14-22)15-5-6-15/h7-10,15,18,22H,2-6,11-14H2,1H3,(H,21,23). The molecular formula is C20H29NO3. The number of amides is 1. The third-order valence-electron chi connectivity index (χ3n) is 5.73. The molecule has 2 fully saturated rings. The van der Waals surface area contributed by atoms with Crippen LogP contribution in [-0.2, 0) is 10.2 Å². The van der Waals surface area contributed by atoms with E-state index in [1.807, 2.05) is 24.3 Å². The zero-order valence-electron chi connectivity index (χ0n) is 14.6. The summed E-state index contributed by atoms with van der Waals surface area (Å²) in [6.07, 6.45) is 8.19. The first-order valence-electron chi connectivity index (χ1n) is 9.26.